The van der Waals surface area contributed by atoms with Crippen LogP contribution in [0.2, 0.25) is 5.02 Å². The Morgan fingerprint density at radius 1 is 1.44 bits per heavy atom. The van der Waals surface area contributed by atoms with Crippen LogP contribution in [0.25, 0.3) is 0 Å². The number of nitrogens with zero attached hydrogens (tertiary/aromatic N) is 1. The molecule has 0 aromatic heterocycles. The fourth-order valence-electron chi connectivity index (χ4n) is 2.82. The second-order valence-electron chi connectivity index (χ2n) is 5.21. The zero-order valence-corrected chi connectivity index (χ0v) is 12.1. The van der Waals surface area contributed by atoms with E-state index >= 15 is 0 Å². The quantitative estimate of drug-likeness (QED) is 0.875. The first kappa shape index (κ1) is 13.7. The molecule has 0 aliphatic carbocycles. The first-order valence-electron chi connectivity index (χ1n) is 6.92. The molecule has 0 amide bonds. The number of hydrogen-bond donors (Lipinski definition) is 1. The van der Waals surface area contributed by atoms with Gasteiger partial charge >= 0.3 is 0 Å². The summed E-state index contributed by atoms with van der Waals surface area (Å²) in [6.45, 7) is 5.45. The number of hydrogen-bond acceptors (Lipinski definition) is 2. The lowest BCUT2D eigenvalue weighted by Gasteiger charge is -2.20. The Hall–Kier alpha value is -0.730. The molecule has 18 heavy (non-hydrogen) atoms. The highest BCUT2D eigenvalue weighted by Crippen LogP contribution is 2.32. The van der Waals surface area contributed by atoms with Crippen molar-refractivity contribution in [2.75, 3.05) is 25.0 Å². The van der Waals surface area contributed by atoms with Gasteiger partial charge in [-0.1, -0.05) is 31.0 Å². The van der Waals surface area contributed by atoms with Gasteiger partial charge in [-0.2, -0.15) is 0 Å². The fraction of sp³-hybridized carbons (Fsp3) is 0.600. The van der Waals surface area contributed by atoms with Crippen molar-refractivity contribution in [1.29, 1.82) is 0 Å². The van der Waals surface area contributed by atoms with Crippen molar-refractivity contribution in [1.82, 2.24) is 5.32 Å². The average molecular weight is 267 g/mol. The Kier molecular flexibility index (Phi) is 4.90. The fourth-order valence-corrected chi connectivity index (χ4v) is 3.14. The summed E-state index contributed by atoms with van der Waals surface area (Å²) in [6.07, 6.45) is 3.93. The normalized spacial score (nSPS) is 19.5. The molecule has 1 aliphatic heterocycles. The van der Waals surface area contributed by atoms with Gasteiger partial charge in [-0.3, -0.25) is 0 Å². The lowest BCUT2D eigenvalue weighted by molar-refractivity contribution is 0.530. The Labute approximate surface area is 115 Å². The van der Waals surface area contributed by atoms with Gasteiger partial charge in [0.2, 0.25) is 0 Å². The summed E-state index contributed by atoms with van der Waals surface area (Å²) >= 11 is 6.40. The van der Waals surface area contributed by atoms with Crippen LogP contribution < -0.4 is 10.2 Å². The van der Waals surface area contributed by atoms with E-state index < -0.39 is 0 Å². The molecular formula is C15H23ClN2. The van der Waals surface area contributed by atoms with E-state index in [1.54, 1.807) is 0 Å². The molecule has 0 bridgehead atoms. The molecule has 3 heteroatoms. The van der Waals surface area contributed by atoms with Crippen molar-refractivity contribution >= 4 is 17.3 Å². The highest BCUT2D eigenvalue weighted by atomic mass is 35.5. The van der Waals surface area contributed by atoms with Crippen LogP contribution in [0.1, 0.15) is 31.7 Å². The predicted octanol–water partition coefficient (Wildman–Crippen LogP) is 3.69. The molecule has 1 fully saturated rings. The molecule has 1 unspecified atom stereocenters. The van der Waals surface area contributed by atoms with Crippen molar-refractivity contribution in [3.8, 4) is 0 Å². The lowest BCUT2D eigenvalue weighted by Crippen LogP contribution is -2.20. The molecule has 2 nitrogen and oxygen atoms in total. The zero-order chi connectivity index (χ0) is 13.0. The van der Waals surface area contributed by atoms with E-state index in [9.17, 15) is 0 Å². The molecule has 1 saturated heterocycles. The van der Waals surface area contributed by atoms with Gasteiger partial charge in [0, 0.05) is 19.6 Å². The lowest BCUT2D eigenvalue weighted by atomic mass is 10.0. The van der Waals surface area contributed by atoms with Crippen LogP contribution in [0.5, 0.6) is 0 Å². The number of rotatable bonds is 5. The van der Waals surface area contributed by atoms with Crippen molar-refractivity contribution in [3.05, 3.63) is 28.8 Å². The van der Waals surface area contributed by atoms with Crippen LogP contribution in [-0.4, -0.2) is 20.1 Å². The summed E-state index contributed by atoms with van der Waals surface area (Å²) < 4.78 is 0. The van der Waals surface area contributed by atoms with E-state index in [1.807, 2.05) is 7.05 Å². The molecular weight excluding hydrogens is 244 g/mol. The predicted molar refractivity (Wildman–Crippen MR) is 79.4 cm³/mol. The molecule has 1 aromatic rings. The van der Waals surface area contributed by atoms with Gasteiger partial charge in [-0.15, -0.1) is 0 Å². The van der Waals surface area contributed by atoms with Crippen LogP contribution in [0.15, 0.2) is 18.2 Å². The SMILES string of the molecule is CCCC1CCN(c2ccc(CNC)cc2Cl)C1. The minimum Gasteiger partial charge on any atom is -0.370 e. The molecule has 0 saturated carbocycles. The molecule has 0 radical (unpaired) electrons. The van der Waals surface area contributed by atoms with Crippen LogP contribution in [0.3, 0.4) is 0 Å². The van der Waals surface area contributed by atoms with E-state index in [4.69, 9.17) is 11.6 Å². The van der Waals surface area contributed by atoms with Gasteiger partial charge in [0.1, 0.15) is 0 Å². The molecule has 1 aliphatic rings. The summed E-state index contributed by atoms with van der Waals surface area (Å²) in [7, 11) is 1.96. The summed E-state index contributed by atoms with van der Waals surface area (Å²) in [4.78, 5) is 2.44. The third-order valence-corrected chi connectivity index (χ3v) is 4.02. The smallest absolute Gasteiger partial charge is 0.0642 e. The summed E-state index contributed by atoms with van der Waals surface area (Å²) in [5, 5.41) is 4.04. The third-order valence-electron chi connectivity index (χ3n) is 3.72. The maximum Gasteiger partial charge on any atom is 0.0642 e. The van der Waals surface area contributed by atoms with Crippen LogP contribution in [0.4, 0.5) is 5.69 Å². The molecule has 0 spiro atoms. The minimum atomic E-state index is 0.850. The zero-order valence-electron chi connectivity index (χ0n) is 11.4. The van der Waals surface area contributed by atoms with Gasteiger partial charge < -0.3 is 10.2 Å². The van der Waals surface area contributed by atoms with E-state index in [0.717, 1.165) is 24.0 Å². The Balaban J connectivity index is 2.05. The molecule has 1 heterocycles. The second-order valence-corrected chi connectivity index (χ2v) is 5.61. The van der Waals surface area contributed by atoms with E-state index in [0.29, 0.717) is 0 Å². The first-order chi connectivity index (χ1) is 8.74. The number of benzene rings is 1. The highest BCUT2D eigenvalue weighted by Gasteiger charge is 2.23. The molecule has 1 N–H and O–H groups in total. The maximum absolute atomic E-state index is 6.40. The maximum atomic E-state index is 6.40. The summed E-state index contributed by atoms with van der Waals surface area (Å²) in [5.41, 5.74) is 2.45. The Morgan fingerprint density at radius 2 is 2.28 bits per heavy atom. The van der Waals surface area contributed by atoms with Gasteiger partial charge in [-0.05, 0) is 43.5 Å². The van der Waals surface area contributed by atoms with Crippen LogP contribution in [0, 0.1) is 5.92 Å². The summed E-state index contributed by atoms with van der Waals surface area (Å²) in [5.74, 6) is 0.850. The van der Waals surface area contributed by atoms with Gasteiger partial charge in [0.05, 0.1) is 10.7 Å². The highest BCUT2D eigenvalue weighted by molar-refractivity contribution is 6.33. The topological polar surface area (TPSA) is 15.3 Å². The molecule has 1 atom stereocenters. The third kappa shape index (κ3) is 3.18. The van der Waals surface area contributed by atoms with Crippen molar-refractivity contribution in [2.45, 2.75) is 32.7 Å². The number of nitrogens with one attached hydrogen (secondary N) is 1. The van der Waals surface area contributed by atoms with Gasteiger partial charge in [-0.25, -0.2) is 0 Å². The average Bonchev–Trinajstić information content (AvgIpc) is 2.78. The molecule has 2 rings (SSSR count). The van der Waals surface area contributed by atoms with Crippen molar-refractivity contribution in [3.63, 3.8) is 0 Å². The van der Waals surface area contributed by atoms with Gasteiger partial charge in [0.25, 0.3) is 0 Å². The second kappa shape index (κ2) is 6.44. The van der Waals surface area contributed by atoms with E-state index in [1.165, 1.54) is 37.1 Å². The van der Waals surface area contributed by atoms with Crippen molar-refractivity contribution in [2.24, 2.45) is 5.92 Å². The van der Waals surface area contributed by atoms with Crippen LogP contribution in [-0.2, 0) is 6.54 Å². The number of halogens is 1. The molecule has 1 aromatic carbocycles. The summed E-state index contributed by atoms with van der Waals surface area (Å²) in [6, 6.07) is 6.43. The minimum absolute atomic E-state index is 0.850. The first-order valence-corrected chi connectivity index (χ1v) is 7.30. The largest absolute Gasteiger partial charge is 0.370 e. The standard InChI is InChI=1S/C15H23ClN2/c1-3-4-12-7-8-18(11-12)15-6-5-13(10-17-2)9-14(15)16/h5-6,9,12,17H,3-4,7-8,10-11H2,1-2H3. The van der Waals surface area contributed by atoms with E-state index in [-0.39, 0.29) is 0 Å². The Morgan fingerprint density at radius 3 is 2.94 bits per heavy atom. The Bertz CT molecular complexity index is 392. The van der Waals surface area contributed by atoms with Gasteiger partial charge in [0.15, 0.2) is 0 Å². The number of anilines is 1. The van der Waals surface area contributed by atoms with E-state index in [2.05, 4.69) is 35.3 Å². The van der Waals surface area contributed by atoms with Crippen molar-refractivity contribution < 1.29 is 0 Å². The monoisotopic (exact) mass is 266 g/mol. The van der Waals surface area contributed by atoms with Crippen LogP contribution >= 0.6 is 11.6 Å². The molecule has 100 valence electrons.